The van der Waals surface area contributed by atoms with E-state index in [-0.39, 0.29) is 5.56 Å². The van der Waals surface area contributed by atoms with Crippen LogP contribution in [0.5, 0.6) is 0 Å². The summed E-state index contributed by atoms with van der Waals surface area (Å²) in [6, 6.07) is 2.90. The first kappa shape index (κ1) is 11.7. The summed E-state index contributed by atoms with van der Waals surface area (Å²) < 4.78 is 43.6. The van der Waals surface area contributed by atoms with Gasteiger partial charge < -0.3 is 10.2 Å². The highest BCUT2D eigenvalue weighted by Crippen LogP contribution is 2.20. The van der Waals surface area contributed by atoms with Gasteiger partial charge in [-0.15, -0.1) is 0 Å². The van der Waals surface area contributed by atoms with Crippen molar-refractivity contribution >= 4 is 0 Å². The van der Waals surface area contributed by atoms with E-state index in [4.69, 9.17) is 10.2 Å². The van der Waals surface area contributed by atoms with Gasteiger partial charge in [-0.1, -0.05) is 0 Å². The first-order valence-corrected chi connectivity index (χ1v) is 4.99. The molecule has 1 aromatic heterocycles. The molecule has 2 N–H and O–H groups in total. The van der Waals surface area contributed by atoms with Crippen LogP contribution < -0.4 is 5.73 Å². The number of nitrogens with two attached hydrogens (primary N) is 1. The molecule has 0 radical (unpaired) electrons. The second kappa shape index (κ2) is 4.63. The van der Waals surface area contributed by atoms with Crippen molar-refractivity contribution in [1.29, 1.82) is 0 Å². The minimum absolute atomic E-state index is 0.211. The molecule has 0 spiro atoms. The van der Waals surface area contributed by atoms with Gasteiger partial charge in [-0.3, -0.25) is 0 Å². The van der Waals surface area contributed by atoms with Crippen molar-refractivity contribution < 1.29 is 17.6 Å². The fourth-order valence-corrected chi connectivity index (χ4v) is 1.57. The van der Waals surface area contributed by atoms with Gasteiger partial charge in [0.15, 0.2) is 17.5 Å². The molecule has 1 heterocycles. The number of hydrogen-bond donors (Lipinski definition) is 1. The van der Waals surface area contributed by atoms with Crippen LogP contribution in [0.15, 0.2) is 35.1 Å². The Balaban J connectivity index is 2.22. The molecule has 2 aromatic rings. The van der Waals surface area contributed by atoms with Gasteiger partial charge >= 0.3 is 0 Å². The van der Waals surface area contributed by atoms with Crippen LogP contribution in [0.2, 0.25) is 0 Å². The summed E-state index contributed by atoms with van der Waals surface area (Å²) in [6.07, 6.45) is 3.34. The Kier molecular flexibility index (Phi) is 3.19. The Labute approximate surface area is 95.8 Å². The smallest absolute Gasteiger partial charge is 0.194 e. The molecule has 1 aromatic carbocycles. The second-order valence-corrected chi connectivity index (χ2v) is 3.74. The molecule has 1 unspecified atom stereocenters. The zero-order valence-electron chi connectivity index (χ0n) is 8.79. The molecule has 5 heteroatoms. The summed E-state index contributed by atoms with van der Waals surface area (Å²) in [5.74, 6) is -3.95. The van der Waals surface area contributed by atoms with E-state index in [1.165, 1.54) is 12.5 Å². The Morgan fingerprint density at radius 3 is 2.35 bits per heavy atom. The molecule has 0 amide bonds. The first-order chi connectivity index (χ1) is 8.08. The van der Waals surface area contributed by atoms with Crippen molar-refractivity contribution in [3.8, 4) is 0 Å². The zero-order chi connectivity index (χ0) is 12.4. The van der Waals surface area contributed by atoms with E-state index in [9.17, 15) is 13.2 Å². The quantitative estimate of drug-likeness (QED) is 0.839. The van der Waals surface area contributed by atoms with Crippen LogP contribution in [-0.2, 0) is 6.42 Å². The summed E-state index contributed by atoms with van der Waals surface area (Å²) in [6.45, 7) is 0. The fourth-order valence-electron chi connectivity index (χ4n) is 1.57. The highest BCUT2D eigenvalue weighted by molar-refractivity contribution is 5.24. The number of benzene rings is 1. The Hall–Kier alpha value is -1.75. The van der Waals surface area contributed by atoms with Crippen LogP contribution in [0.3, 0.4) is 0 Å². The van der Waals surface area contributed by atoms with Crippen molar-refractivity contribution in [2.45, 2.75) is 12.5 Å². The molecule has 0 saturated carbocycles. The van der Waals surface area contributed by atoms with Gasteiger partial charge in [0.25, 0.3) is 0 Å². The molecule has 1 atom stereocenters. The van der Waals surface area contributed by atoms with E-state index in [0.717, 1.165) is 17.7 Å². The maximum atomic E-state index is 13.0. The SMILES string of the molecule is NC(Cc1ccoc1)c1cc(F)c(F)c(F)c1. The molecule has 0 saturated heterocycles. The molecular weight excluding hydrogens is 231 g/mol. The van der Waals surface area contributed by atoms with Gasteiger partial charge in [0.2, 0.25) is 0 Å². The van der Waals surface area contributed by atoms with Crippen molar-refractivity contribution in [2.75, 3.05) is 0 Å². The Morgan fingerprint density at radius 2 is 1.82 bits per heavy atom. The van der Waals surface area contributed by atoms with Crippen molar-refractivity contribution in [3.63, 3.8) is 0 Å². The molecule has 0 aliphatic carbocycles. The van der Waals surface area contributed by atoms with Crippen LogP contribution in [0, 0.1) is 17.5 Å². The lowest BCUT2D eigenvalue weighted by Crippen LogP contribution is -2.14. The van der Waals surface area contributed by atoms with E-state index >= 15 is 0 Å². The van der Waals surface area contributed by atoms with Crippen LogP contribution in [0.1, 0.15) is 17.2 Å². The Morgan fingerprint density at radius 1 is 1.18 bits per heavy atom. The fraction of sp³-hybridized carbons (Fsp3) is 0.167. The molecule has 2 rings (SSSR count). The lowest BCUT2D eigenvalue weighted by Gasteiger charge is -2.11. The predicted octanol–water partition coefficient (Wildman–Crippen LogP) is 2.94. The van der Waals surface area contributed by atoms with E-state index in [2.05, 4.69) is 0 Å². The van der Waals surface area contributed by atoms with Crippen LogP contribution in [0.4, 0.5) is 13.2 Å². The molecule has 0 bridgehead atoms. The predicted molar refractivity (Wildman–Crippen MR) is 55.7 cm³/mol. The minimum atomic E-state index is -1.48. The molecule has 17 heavy (non-hydrogen) atoms. The van der Waals surface area contributed by atoms with Crippen LogP contribution in [0.25, 0.3) is 0 Å². The summed E-state index contributed by atoms with van der Waals surface area (Å²) in [5.41, 5.74) is 6.80. The highest BCUT2D eigenvalue weighted by Gasteiger charge is 2.15. The maximum absolute atomic E-state index is 13.0. The molecule has 2 nitrogen and oxygen atoms in total. The van der Waals surface area contributed by atoms with Gasteiger partial charge in [-0.05, 0) is 35.7 Å². The standard InChI is InChI=1S/C12H10F3NO/c13-9-4-8(5-10(14)12(9)15)11(16)3-7-1-2-17-6-7/h1-2,4-6,11H,3,16H2. The van der Waals surface area contributed by atoms with Gasteiger partial charge in [0.05, 0.1) is 12.5 Å². The monoisotopic (exact) mass is 241 g/mol. The van der Waals surface area contributed by atoms with Crippen LogP contribution in [-0.4, -0.2) is 0 Å². The van der Waals surface area contributed by atoms with E-state index in [1.807, 2.05) is 0 Å². The minimum Gasteiger partial charge on any atom is -0.472 e. The summed E-state index contributed by atoms with van der Waals surface area (Å²) in [7, 11) is 0. The topological polar surface area (TPSA) is 39.2 Å². The number of hydrogen-bond acceptors (Lipinski definition) is 2. The third kappa shape index (κ3) is 2.50. The first-order valence-electron chi connectivity index (χ1n) is 4.99. The second-order valence-electron chi connectivity index (χ2n) is 3.74. The van der Waals surface area contributed by atoms with Gasteiger partial charge in [-0.2, -0.15) is 0 Å². The Bertz CT molecular complexity index is 487. The van der Waals surface area contributed by atoms with Crippen molar-refractivity contribution in [2.24, 2.45) is 5.73 Å². The maximum Gasteiger partial charge on any atom is 0.194 e. The lowest BCUT2D eigenvalue weighted by atomic mass is 10.0. The zero-order valence-corrected chi connectivity index (χ0v) is 8.79. The van der Waals surface area contributed by atoms with Crippen molar-refractivity contribution in [3.05, 3.63) is 59.3 Å². The highest BCUT2D eigenvalue weighted by atomic mass is 19.2. The van der Waals surface area contributed by atoms with E-state index in [0.29, 0.717) is 6.42 Å². The number of rotatable bonds is 3. The van der Waals surface area contributed by atoms with Gasteiger partial charge in [0, 0.05) is 6.04 Å². The summed E-state index contributed by atoms with van der Waals surface area (Å²) in [5, 5.41) is 0. The number of halogens is 3. The normalized spacial score (nSPS) is 12.7. The lowest BCUT2D eigenvalue weighted by molar-refractivity contribution is 0.443. The van der Waals surface area contributed by atoms with E-state index in [1.54, 1.807) is 6.07 Å². The van der Waals surface area contributed by atoms with Gasteiger partial charge in [0.1, 0.15) is 0 Å². The third-order valence-corrected chi connectivity index (χ3v) is 2.47. The summed E-state index contributed by atoms with van der Waals surface area (Å²) in [4.78, 5) is 0. The van der Waals surface area contributed by atoms with Crippen molar-refractivity contribution in [1.82, 2.24) is 0 Å². The largest absolute Gasteiger partial charge is 0.472 e. The molecule has 0 fully saturated rings. The average molecular weight is 241 g/mol. The van der Waals surface area contributed by atoms with Crippen LogP contribution >= 0.6 is 0 Å². The van der Waals surface area contributed by atoms with E-state index < -0.39 is 23.5 Å². The molecular formula is C12H10F3NO. The third-order valence-electron chi connectivity index (χ3n) is 2.47. The molecule has 90 valence electrons. The van der Waals surface area contributed by atoms with Gasteiger partial charge in [-0.25, -0.2) is 13.2 Å². The number of furan rings is 1. The molecule has 0 aliphatic heterocycles. The average Bonchev–Trinajstić information content (AvgIpc) is 2.77. The molecule has 0 aliphatic rings. The summed E-state index contributed by atoms with van der Waals surface area (Å²) >= 11 is 0.